The fourth-order valence-electron chi connectivity index (χ4n) is 2.06. The van der Waals surface area contributed by atoms with Crippen LogP contribution in [-0.4, -0.2) is 29.9 Å². The first kappa shape index (κ1) is 9.97. The zero-order chi connectivity index (χ0) is 10.1. The van der Waals surface area contributed by atoms with Crippen LogP contribution < -0.4 is 5.73 Å². The standard InChI is InChI=1S/C11H20N2O/c1-8(9-2-3-9)11(14)13(7-6-12)10-4-5-10/h8-10H,2-7,12H2,1H3. The van der Waals surface area contributed by atoms with Gasteiger partial charge in [0.1, 0.15) is 0 Å². The number of hydrogen-bond donors (Lipinski definition) is 1. The second-order valence-electron chi connectivity index (χ2n) is 4.68. The first-order valence-corrected chi connectivity index (χ1v) is 5.74. The monoisotopic (exact) mass is 196 g/mol. The van der Waals surface area contributed by atoms with E-state index in [1.807, 2.05) is 4.90 Å². The molecule has 2 saturated carbocycles. The van der Waals surface area contributed by atoms with Crippen LogP contribution >= 0.6 is 0 Å². The average molecular weight is 196 g/mol. The molecular formula is C11H20N2O. The Hall–Kier alpha value is -0.570. The highest BCUT2D eigenvalue weighted by atomic mass is 16.2. The van der Waals surface area contributed by atoms with Gasteiger partial charge in [-0.1, -0.05) is 6.92 Å². The highest BCUT2D eigenvalue weighted by Gasteiger charge is 2.39. The van der Waals surface area contributed by atoms with Crippen molar-refractivity contribution in [1.29, 1.82) is 0 Å². The predicted molar refractivity (Wildman–Crippen MR) is 55.7 cm³/mol. The second-order valence-corrected chi connectivity index (χ2v) is 4.68. The van der Waals surface area contributed by atoms with Gasteiger partial charge in [-0.3, -0.25) is 4.79 Å². The molecule has 1 amide bonds. The van der Waals surface area contributed by atoms with Gasteiger partial charge in [0.25, 0.3) is 0 Å². The normalized spacial score (nSPS) is 23.3. The molecule has 2 rings (SSSR count). The second kappa shape index (κ2) is 3.89. The Morgan fingerprint density at radius 1 is 1.43 bits per heavy atom. The molecule has 0 aromatic heterocycles. The summed E-state index contributed by atoms with van der Waals surface area (Å²) in [5, 5.41) is 0. The molecule has 2 aliphatic carbocycles. The van der Waals surface area contributed by atoms with Gasteiger partial charge in [0.15, 0.2) is 0 Å². The Morgan fingerprint density at radius 2 is 2.07 bits per heavy atom. The van der Waals surface area contributed by atoms with E-state index in [0.717, 1.165) is 6.54 Å². The van der Waals surface area contributed by atoms with Gasteiger partial charge in [-0.2, -0.15) is 0 Å². The Labute approximate surface area is 85.6 Å². The van der Waals surface area contributed by atoms with Crippen molar-refractivity contribution in [2.75, 3.05) is 13.1 Å². The summed E-state index contributed by atoms with van der Waals surface area (Å²) < 4.78 is 0. The van der Waals surface area contributed by atoms with Gasteiger partial charge < -0.3 is 10.6 Å². The quantitative estimate of drug-likeness (QED) is 0.712. The molecule has 2 fully saturated rings. The van der Waals surface area contributed by atoms with E-state index in [1.54, 1.807) is 0 Å². The molecule has 0 aliphatic heterocycles. The third-order valence-corrected chi connectivity index (χ3v) is 3.36. The lowest BCUT2D eigenvalue weighted by atomic mass is 10.0. The molecule has 3 heteroatoms. The topological polar surface area (TPSA) is 46.3 Å². The summed E-state index contributed by atoms with van der Waals surface area (Å²) in [5.41, 5.74) is 5.53. The van der Waals surface area contributed by atoms with E-state index in [9.17, 15) is 4.79 Å². The van der Waals surface area contributed by atoms with Crippen LogP contribution in [0.5, 0.6) is 0 Å². The molecule has 14 heavy (non-hydrogen) atoms. The summed E-state index contributed by atoms with van der Waals surface area (Å²) in [6, 6.07) is 0.521. The molecule has 0 aromatic rings. The van der Waals surface area contributed by atoms with Crippen molar-refractivity contribution < 1.29 is 4.79 Å². The van der Waals surface area contributed by atoms with Gasteiger partial charge in [-0.25, -0.2) is 0 Å². The van der Waals surface area contributed by atoms with E-state index in [4.69, 9.17) is 5.73 Å². The number of nitrogens with two attached hydrogens (primary N) is 1. The zero-order valence-corrected chi connectivity index (χ0v) is 8.91. The van der Waals surface area contributed by atoms with E-state index >= 15 is 0 Å². The van der Waals surface area contributed by atoms with Gasteiger partial charge >= 0.3 is 0 Å². The van der Waals surface area contributed by atoms with Crippen LogP contribution in [0.1, 0.15) is 32.6 Å². The maximum Gasteiger partial charge on any atom is 0.225 e. The minimum Gasteiger partial charge on any atom is -0.338 e. The van der Waals surface area contributed by atoms with Crippen molar-refractivity contribution in [3.05, 3.63) is 0 Å². The first-order chi connectivity index (χ1) is 6.74. The summed E-state index contributed by atoms with van der Waals surface area (Å²) >= 11 is 0. The molecule has 0 heterocycles. The van der Waals surface area contributed by atoms with Gasteiger partial charge in [0, 0.05) is 25.0 Å². The highest BCUT2D eigenvalue weighted by molar-refractivity contribution is 5.79. The van der Waals surface area contributed by atoms with Crippen LogP contribution in [0, 0.1) is 11.8 Å². The Balaban J connectivity index is 1.91. The van der Waals surface area contributed by atoms with Gasteiger partial charge in [0.2, 0.25) is 5.91 Å². The van der Waals surface area contributed by atoms with Crippen LogP contribution in [0.2, 0.25) is 0 Å². The molecule has 0 saturated heterocycles. The lowest BCUT2D eigenvalue weighted by Crippen LogP contribution is -2.40. The number of carbonyl (C=O) groups is 1. The molecule has 0 bridgehead atoms. The largest absolute Gasteiger partial charge is 0.338 e. The van der Waals surface area contributed by atoms with E-state index in [2.05, 4.69) is 6.92 Å². The third kappa shape index (κ3) is 2.08. The average Bonchev–Trinajstić information content (AvgIpc) is 3.05. The fourth-order valence-corrected chi connectivity index (χ4v) is 2.06. The third-order valence-electron chi connectivity index (χ3n) is 3.36. The number of rotatable bonds is 5. The van der Waals surface area contributed by atoms with Crippen molar-refractivity contribution in [3.8, 4) is 0 Å². The number of hydrogen-bond acceptors (Lipinski definition) is 2. The smallest absolute Gasteiger partial charge is 0.225 e. The summed E-state index contributed by atoms with van der Waals surface area (Å²) in [5.74, 6) is 1.25. The summed E-state index contributed by atoms with van der Waals surface area (Å²) in [4.78, 5) is 14.1. The van der Waals surface area contributed by atoms with Crippen LogP contribution in [0.15, 0.2) is 0 Å². The van der Waals surface area contributed by atoms with E-state index in [0.29, 0.717) is 24.4 Å². The van der Waals surface area contributed by atoms with Crippen molar-refractivity contribution >= 4 is 5.91 Å². The molecular weight excluding hydrogens is 176 g/mol. The van der Waals surface area contributed by atoms with Crippen molar-refractivity contribution in [2.24, 2.45) is 17.6 Å². The highest BCUT2D eigenvalue weighted by Crippen LogP contribution is 2.39. The van der Waals surface area contributed by atoms with Crippen molar-refractivity contribution in [1.82, 2.24) is 4.90 Å². The van der Waals surface area contributed by atoms with Gasteiger partial charge in [-0.15, -0.1) is 0 Å². The summed E-state index contributed by atoms with van der Waals surface area (Å²) in [6.07, 6.45) is 4.86. The van der Waals surface area contributed by atoms with Gasteiger partial charge in [0.05, 0.1) is 0 Å². The van der Waals surface area contributed by atoms with E-state index < -0.39 is 0 Å². The van der Waals surface area contributed by atoms with E-state index in [1.165, 1.54) is 25.7 Å². The minimum atomic E-state index is 0.238. The van der Waals surface area contributed by atoms with Crippen LogP contribution in [0.4, 0.5) is 0 Å². The summed E-state index contributed by atoms with van der Waals surface area (Å²) in [6.45, 7) is 3.42. The maximum absolute atomic E-state index is 12.1. The van der Waals surface area contributed by atoms with Crippen LogP contribution in [-0.2, 0) is 4.79 Å². The van der Waals surface area contributed by atoms with Crippen molar-refractivity contribution in [3.63, 3.8) is 0 Å². The first-order valence-electron chi connectivity index (χ1n) is 5.74. The SMILES string of the molecule is CC(C(=O)N(CCN)C1CC1)C1CC1. The molecule has 0 aromatic carbocycles. The fraction of sp³-hybridized carbons (Fsp3) is 0.909. The van der Waals surface area contributed by atoms with Crippen LogP contribution in [0.25, 0.3) is 0 Å². The molecule has 1 unspecified atom stereocenters. The Kier molecular flexibility index (Phi) is 2.77. The lowest BCUT2D eigenvalue weighted by molar-refractivity contribution is -0.136. The predicted octanol–water partition coefficient (Wildman–Crippen LogP) is 0.982. The molecule has 2 aliphatic rings. The maximum atomic E-state index is 12.1. The molecule has 80 valence electrons. The molecule has 3 nitrogen and oxygen atoms in total. The summed E-state index contributed by atoms with van der Waals surface area (Å²) in [7, 11) is 0. The van der Waals surface area contributed by atoms with Crippen LogP contribution in [0.3, 0.4) is 0 Å². The Morgan fingerprint density at radius 3 is 2.50 bits per heavy atom. The van der Waals surface area contributed by atoms with E-state index in [-0.39, 0.29) is 5.92 Å². The molecule has 2 N–H and O–H groups in total. The molecule has 0 spiro atoms. The molecule has 1 atom stereocenters. The zero-order valence-electron chi connectivity index (χ0n) is 8.91. The number of carbonyl (C=O) groups excluding carboxylic acids is 1. The minimum absolute atomic E-state index is 0.238. The Bertz CT molecular complexity index is 221. The van der Waals surface area contributed by atoms with Crippen molar-refractivity contribution in [2.45, 2.75) is 38.6 Å². The van der Waals surface area contributed by atoms with Gasteiger partial charge in [-0.05, 0) is 31.6 Å². The molecule has 0 radical (unpaired) electrons. The number of amides is 1. The lowest BCUT2D eigenvalue weighted by Gasteiger charge is -2.25. The number of nitrogens with zero attached hydrogens (tertiary/aromatic N) is 1.